The van der Waals surface area contributed by atoms with E-state index in [9.17, 15) is 4.79 Å². The lowest BCUT2D eigenvalue weighted by Crippen LogP contribution is -2.24. The Hall–Kier alpha value is -1.14. The zero-order valence-electron chi connectivity index (χ0n) is 8.87. The van der Waals surface area contributed by atoms with E-state index in [2.05, 4.69) is 20.3 Å². The van der Waals surface area contributed by atoms with Crippen molar-refractivity contribution in [3.63, 3.8) is 0 Å². The lowest BCUT2D eigenvalue weighted by molar-refractivity contribution is -0.128. The fraction of sp³-hybridized carbons (Fsp3) is 0.500. The van der Waals surface area contributed by atoms with Crippen LogP contribution in [0.3, 0.4) is 0 Å². The van der Waals surface area contributed by atoms with Gasteiger partial charge in [0, 0.05) is 27.1 Å². The molecule has 1 rings (SSSR count). The van der Waals surface area contributed by atoms with Crippen LogP contribution in [0.2, 0.25) is 10.6 Å². The van der Waals surface area contributed by atoms with Crippen molar-refractivity contribution < 1.29 is 4.79 Å². The summed E-state index contributed by atoms with van der Waals surface area (Å²) in [7, 11) is 3.39. The van der Waals surface area contributed by atoms with Gasteiger partial charge in [-0.05, 0) is 23.2 Å². The molecule has 1 heterocycles. The molecule has 0 aliphatic carbocycles. The predicted octanol–water partition coefficient (Wildman–Crippen LogP) is 1.07. The number of hydrogen-bond donors (Lipinski definition) is 1. The number of aromatic nitrogens is 3. The number of amides is 1. The van der Waals surface area contributed by atoms with E-state index in [4.69, 9.17) is 23.2 Å². The van der Waals surface area contributed by atoms with Crippen LogP contribution in [0.5, 0.6) is 0 Å². The van der Waals surface area contributed by atoms with Gasteiger partial charge in [0.25, 0.3) is 0 Å². The van der Waals surface area contributed by atoms with Gasteiger partial charge in [-0.25, -0.2) is 0 Å². The molecule has 0 bridgehead atoms. The van der Waals surface area contributed by atoms with E-state index in [0.717, 1.165) is 0 Å². The summed E-state index contributed by atoms with van der Waals surface area (Å²) in [6.45, 7) is 0.410. The Morgan fingerprint density at radius 2 is 1.81 bits per heavy atom. The molecule has 1 aromatic rings. The molecule has 0 saturated carbocycles. The predicted molar refractivity (Wildman–Crippen MR) is 61.6 cm³/mol. The second-order valence-electron chi connectivity index (χ2n) is 3.16. The fourth-order valence-corrected chi connectivity index (χ4v) is 1.27. The Balaban J connectivity index is 2.46. The van der Waals surface area contributed by atoms with Crippen LogP contribution in [0.4, 0.5) is 5.95 Å². The summed E-state index contributed by atoms with van der Waals surface area (Å²) in [5.41, 5.74) is 0. The third-order valence-corrected chi connectivity index (χ3v) is 2.04. The summed E-state index contributed by atoms with van der Waals surface area (Å²) in [6.07, 6.45) is 0.341. The quantitative estimate of drug-likeness (QED) is 0.880. The summed E-state index contributed by atoms with van der Waals surface area (Å²) in [5.74, 6) is 0.273. The number of anilines is 1. The molecule has 0 aromatic carbocycles. The Bertz CT molecular complexity index is 364. The minimum absolute atomic E-state index is 0.0127. The Morgan fingerprint density at radius 3 is 2.31 bits per heavy atom. The average Bonchev–Trinajstić information content (AvgIpc) is 2.15. The van der Waals surface area contributed by atoms with Crippen LogP contribution < -0.4 is 5.32 Å². The summed E-state index contributed by atoms with van der Waals surface area (Å²) in [5, 5.41) is 2.86. The second kappa shape index (κ2) is 5.81. The van der Waals surface area contributed by atoms with Crippen molar-refractivity contribution >= 4 is 35.1 Å². The van der Waals surface area contributed by atoms with E-state index in [-0.39, 0.29) is 22.4 Å². The SMILES string of the molecule is CN(C)C(=O)CCNc1nc(Cl)nc(Cl)n1. The van der Waals surface area contributed by atoms with Gasteiger partial charge in [0.1, 0.15) is 0 Å². The van der Waals surface area contributed by atoms with E-state index in [1.54, 1.807) is 14.1 Å². The Labute approximate surface area is 103 Å². The van der Waals surface area contributed by atoms with Crippen molar-refractivity contribution in [3.8, 4) is 0 Å². The maximum absolute atomic E-state index is 11.2. The van der Waals surface area contributed by atoms with Gasteiger partial charge < -0.3 is 10.2 Å². The third kappa shape index (κ3) is 4.16. The van der Waals surface area contributed by atoms with Gasteiger partial charge in [0.15, 0.2) is 0 Å². The molecule has 8 heteroatoms. The number of hydrogen-bond acceptors (Lipinski definition) is 5. The van der Waals surface area contributed by atoms with Crippen molar-refractivity contribution in [1.82, 2.24) is 19.9 Å². The van der Waals surface area contributed by atoms with E-state index in [0.29, 0.717) is 13.0 Å². The highest BCUT2D eigenvalue weighted by molar-refractivity contribution is 6.31. The monoisotopic (exact) mass is 263 g/mol. The van der Waals surface area contributed by atoms with Crippen LogP contribution in [0.15, 0.2) is 0 Å². The molecule has 0 fully saturated rings. The molecule has 1 aromatic heterocycles. The molecule has 88 valence electrons. The Morgan fingerprint density at radius 1 is 1.25 bits per heavy atom. The molecule has 0 aliphatic rings. The number of nitrogens with one attached hydrogen (secondary N) is 1. The van der Waals surface area contributed by atoms with Crippen molar-refractivity contribution in [2.45, 2.75) is 6.42 Å². The van der Waals surface area contributed by atoms with Crippen molar-refractivity contribution in [2.24, 2.45) is 0 Å². The van der Waals surface area contributed by atoms with E-state index < -0.39 is 0 Å². The summed E-state index contributed by atoms with van der Waals surface area (Å²) >= 11 is 11.2. The maximum atomic E-state index is 11.2. The molecule has 1 N–H and O–H groups in total. The molecule has 0 atom stereocenters. The smallest absolute Gasteiger partial charge is 0.228 e. The van der Waals surface area contributed by atoms with E-state index in [1.165, 1.54) is 4.90 Å². The normalized spacial score (nSPS) is 10.0. The summed E-state index contributed by atoms with van der Waals surface area (Å²) in [4.78, 5) is 24.0. The standard InChI is InChI=1S/C8H11Cl2N5O/c1-15(2)5(16)3-4-11-8-13-6(9)12-7(10)14-8/h3-4H2,1-2H3,(H,11,12,13,14). The van der Waals surface area contributed by atoms with Crippen LogP contribution in [0.1, 0.15) is 6.42 Å². The lowest BCUT2D eigenvalue weighted by Gasteiger charge is -2.10. The molecule has 16 heavy (non-hydrogen) atoms. The van der Waals surface area contributed by atoms with Crippen LogP contribution in [0, 0.1) is 0 Å². The van der Waals surface area contributed by atoms with Gasteiger partial charge in [-0.1, -0.05) is 0 Å². The third-order valence-electron chi connectivity index (χ3n) is 1.70. The molecule has 0 saturated heterocycles. The molecule has 6 nitrogen and oxygen atoms in total. The fourth-order valence-electron chi connectivity index (χ4n) is 0.910. The van der Waals surface area contributed by atoms with Crippen LogP contribution in [0.25, 0.3) is 0 Å². The molecule has 0 aliphatic heterocycles. The first-order chi connectivity index (χ1) is 7.49. The zero-order valence-corrected chi connectivity index (χ0v) is 10.4. The molecule has 0 unspecified atom stereocenters. The van der Waals surface area contributed by atoms with Crippen molar-refractivity contribution in [2.75, 3.05) is 26.0 Å². The van der Waals surface area contributed by atoms with Gasteiger partial charge in [0.05, 0.1) is 0 Å². The molecular weight excluding hydrogens is 253 g/mol. The van der Waals surface area contributed by atoms with E-state index >= 15 is 0 Å². The average molecular weight is 264 g/mol. The van der Waals surface area contributed by atoms with E-state index in [1.807, 2.05) is 0 Å². The number of carbonyl (C=O) groups is 1. The highest BCUT2D eigenvalue weighted by Gasteiger charge is 2.05. The topological polar surface area (TPSA) is 71.0 Å². The number of nitrogens with zero attached hydrogens (tertiary/aromatic N) is 4. The first-order valence-electron chi connectivity index (χ1n) is 4.50. The zero-order chi connectivity index (χ0) is 12.1. The van der Waals surface area contributed by atoms with Gasteiger partial charge in [-0.15, -0.1) is 0 Å². The van der Waals surface area contributed by atoms with Crippen LogP contribution >= 0.6 is 23.2 Å². The minimum Gasteiger partial charge on any atom is -0.354 e. The van der Waals surface area contributed by atoms with Gasteiger partial charge >= 0.3 is 0 Å². The molecule has 0 radical (unpaired) electrons. The van der Waals surface area contributed by atoms with Gasteiger partial charge in [-0.2, -0.15) is 15.0 Å². The lowest BCUT2D eigenvalue weighted by atomic mass is 10.4. The molecular formula is C8H11Cl2N5O. The van der Waals surface area contributed by atoms with Crippen LogP contribution in [-0.2, 0) is 4.79 Å². The number of carbonyl (C=O) groups excluding carboxylic acids is 1. The van der Waals surface area contributed by atoms with Gasteiger partial charge in [-0.3, -0.25) is 4.79 Å². The first-order valence-corrected chi connectivity index (χ1v) is 5.25. The van der Waals surface area contributed by atoms with Crippen LogP contribution in [-0.4, -0.2) is 46.4 Å². The largest absolute Gasteiger partial charge is 0.354 e. The second-order valence-corrected chi connectivity index (χ2v) is 3.84. The maximum Gasteiger partial charge on any atom is 0.228 e. The first kappa shape index (κ1) is 12.9. The molecule has 1 amide bonds. The summed E-state index contributed by atoms with van der Waals surface area (Å²) in [6, 6.07) is 0. The van der Waals surface area contributed by atoms with Crippen molar-refractivity contribution in [3.05, 3.63) is 10.6 Å². The van der Waals surface area contributed by atoms with Crippen molar-refractivity contribution in [1.29, 1.82) is 0 Å². The summed E-state index contributed by atoms with van der Waals surface area (Å²) < 4.78 is 0. The number of rotatable bonds is 4. The minimum atomic E-state index is 0.0127. The highest BCUT2D eigenvalue weighted by Crippen LogP contribution is 2.09. The highest BCUT2D eigenvalue weighted by atomic mass is 35.5. The molecule has 0 spiro atoms. The number of halogens is 2. The van der Waals surface area contributed by atoms with Gasteiger partial charge in [0.2, 0.25) is 22.4 Å². The Kier molecular flexibility index (Phi) is 4.70.